The summed E-state index contributed by atoms with van der Waals surface area (Å²) in [6.07, 6.45) is 0.842. The second-order valence-electron chi connectivity index (χ2n) is 4.77. The van der Waals surface area contributed by atoms with Crippen LogP contribution >= 0.6 is 0 Å². The Bertz CT molecular complexity index is 522. The van der Waals surface area contributed by atoms with Gasteiger partial charge in [-0.3, -0.25) is 0 Å². The molecular weight excluding hydrogens is 253 g/mol. The van der Waals surface area contributed by atoms with Gasteiger partial charge >= 0.3 is 0 Å². The van der Waals surface area contributed by atoms with E-state index in [1.165, 1.54) is 17.7 Å². The van der Waals surface area contributed by atoms with Crippen LogP contribution in [-0.4, -0.2) is 13.2 Å². The first-order chi connectivity index (χ1) is 9.72. The number of nitrogens with two attached hydrogens (primary N) is 1. The Morgan fingerprint density at radius 2 is 1.70 bits per heavy atom. The van der Waals surface area contributed by atoms with E-state index in [1.807, 2.05) is 19.1 Å². The summed E-state index contributed by atoms with van der Waals surface area (Å²) in [5.74, 6) is 0.862. The predicted molar refractivity (Wildman–Crippen MR) is 79.5 cm³/mol. The average Bonchev–Trinajstić information content (AvgIpc) is 2.48. The van der Waals surface area contributed by atoms with E-state index < -0.39 is 0 Å². The Hall–Kier alpha value is -1.87. The van der Waals surface area contributed by atoms with Gasteiger partial charge in [-0.2, -0.15) is 0 Å². The molecule has 0 radical (unpaired) electrons. The van der Waals surface area contributed by atoms with Gasteiger partial charge in [-0.15, -0.1) is 0 Å². The Balaban J connectivity index is 2.07. The van der Waals surface area contributed by atoms with Crippen LogP contribution in [0.1, 0.15) is 24.0 Å². The van der Waals surface area contributed by atoms with Crippen LogP contribution in [0.15, 0.2) is 48.5 Å². The van der Waals surface area contributed by atoms with Crippen molar-refractivity contribution in [1.82, 2.24) is 0 Å². The monoisotopic (exact) mass is 273 g/mol. The van der Waals surface area contributed by atoms with Crippen LogP contribution in [0, 0.1) is 5.82 Å². The fourth-order valence-corrected chi connectivity index (χ4v) is 2.25. The first-order valence-electron chi connectivity index (χ1n) is 6.90. The van der Waals surface area contributed by atoms with Gasteiger partial charge in [0.05, 0.1) is 6.61 Å². The lowest BCUT2D eigenvalue weighted by molar-refractivity contribution is 0.340. The molecule has 0 aliphatic rings. The lowest BCUT2D eigenvalue weighted by Gasteiger charge is -2.15. The number of halogens is 1. The van der Waals surface area contributed by atoms with Crippen LogP contribution in [0.25, 0.3) is 0 Å². The van der Waals surface area contributed by atoms with Gasteiger partial charge in [0.1, 0.15) is 11.6 Å². The maximum absolute atomic E-state index is 13.0. The summed E-state index contributed by atoms with van der Waals surface area (Å²) in [5, 5.41) is 0. The smallest absolute Gasteiger partial charge is 0.123 e. The minimum atomic E-state index is -0.217. The summed E-state index contributed by atoms with van der Waals surface area (Å²) in [6.45, 7) is 3.17. The molecular formula is C17H20FNO. The SMILES string of the molecule is CCOc1ccc(CC(CN)c2ccc(F)cc2)cc1. The van der Waals surface area contributed by atoms with E-state index in [4.69, 9.17) is 10.5 Å². The number of hydrogen-bond acceptors (Lipinski definition) is 2. The Morgan fingerprint density at radius 3 is 2.25 bits per heavy atom. The van der Waals surface area contributed by atoms with Gasteiger partial charge in [-0.05, 0) is 55.3 Å². The minimum absolute atomic E-state index is 0.202. The van der Waals surface area contributed by atoms with Crippen molar-refractivity contribution in [2.45, 2.75) is 19.3 Å². The van der Waals surface area contributed by atoms with Crippen LogP contribution < -0.4 is 10.5 Å². The second-order valence-corrected chi connectivity index (χ2v) is 4.77. The topological polar surface area (TPSA) is 35.2 Å². The molecule has 1 unspecified atom stereocenters. The molecule has 2 aromatic carbocycles. The van der Waals surface area contributed by atoms with Crippen molar-refractivity contribution in [3.05, 3.63) is 65.5 Å². The highest BCUT2D eigenvalue weighted by atomic mass is 19.1. The number of benzene rings is 2. The third-order valence-electron chi connectivity index (χ3n) is 3.34. The zero-order chi connectivity index (χ0) is 14.4. The third-order valence-corrected chi connectivity index (χ3v) is 3.34. The average molecular weight is 273 g/mol. The molecule has 2 nitrogen and oxygen atoms in total. The van der Waals surface area contributed by atoms with Crippen molar-refractivity contribution in [1.29, 1.82) is 0 Å². The molecule has 20 heavy (non-hydrogen) atoms. The molecule has 0 aliphatic carbocycles. The fourth-order valence-electron chi connectivity index (χ4n) is 2.25. The highest BCUT2D eigenvalue weighted by Gasteiger charge is 2.11. The predicted octanol–water partition coefficient (Wildman–Crippen LogP) is 3.51. The molecule has 0 aromatic heterocycles. The van der Waals surface area contributed by atoms with E-state index in [9.17, 15) is 4.39 Å². The van der Waals surface area contributed by atoms with Crippen molar-refractivity contribution >= 4 is 0 Å². The molecule has 2 rings (SSSR count). The largest absolute Gasteiger partial charge is 0.494 e. The van der Waals surface area contributed by atoms with Gasteiger partial charge in [0, 0.05) is 5.92 Å². The summed E-state index contributed by atoms with van der Waals surface area (Å²) in [4.78, 5) is 0. The van der Waals surface area contributed by atoms with Gasteiger partial charge in [0.15, 0.2) is 0 Å². The van der Waals surface area contributed by atoms with Gasteiger partial charge in [0.25, 0.3) is 0 Å². The Morgan fingerprint density at radius 1 is 1.05 bits per heavy atom. The van der Waals surface area contributed by atoms with Crippen LogP contribution in [0.2, 0.25) is 0 Å². The lowest BCUT2D eigenvalue weighted by Crippen LogP contribution is -2.15. The third kappa shape index (κ3) is 3.81. The molecule has 0 saturated heterocycles. The summed E-state index contributed by atoms with van der Waals surface area (Å²) in [7, 11) is 0. The van der Waals surface area contributed by atoms with Gasteiger partial charge in [-0.1, -0.05) is 24.3 Å². The van der Waals surface area contributed by atoms with Crippen molar-refractivity contribution in [3.63, 3.8) is 0 Å². The maximum atomic E-state index is 13.0. The molecule has 1 atom stereocenters. The lowest BCUT2D eigenvalue weighted by atomic mass is 9.92. The van der Waals surface area contributed by atoms with Crippen molar-refractivity contribution < 1.29 is 9.13 Å². The number of hydrogen-bond donors (Lipinski definition) is 1. The van der Waals surface area contributed by atoms with Crippen LogP contribution in [0.4, 0.5) is 4.39 Å². The van der Waals surface area contributed by atoms with Crippen molar-refractivity contribution in [2.75, 3.05) is 13.2 Å². The first-order valence-corrected chi connectivity index (χ1v) is 6.90. The zero-order valence-corrected chi connectivity index (χ0v) is 11.7. The molecule has 2 aromatic rings. The van der Waals surface area contributed by atoms with Crippen LogP contribution in [-0.2, 0) is 6.42 Å². The number of ether oxygens (including phenoxy) is 1. The first kappa shape index (κ1) is 14.5. The van der Waals surface area contributed by atoms with E-state index in [-0.39, 0.29) is 11.7 Å². The molecule has 0 fully saturated rings. The van der Waals surface area contributed by atoms with E-state index in [1.54, 1.807) is 12.1 Å². The molecule has 0 heterocycles. The van der Waals surface area contributed by atoms with E-state index in [0.717, 1.165) is 17.7 Å². The van der Waals surface area contributed by atoms with E-state index in [0.29, 0.717) is 13.2 Å². The maximum Gasteiger partial charge on any atom is 0.123 e. The fraction of sp³-hybridized carbons (Fsp3) is 0.294. The van der Waals surface area contributed by atoms with Gasteiger partial charge in [0.2, 0.25) is 0 Å². The molecule has 0 aliphatic heterocycles. The minimum Gasteiger partial charge on any atom is -0.494 e. The normalized spacial score (nSPS) is 12.2. The summed E-state index contributed by atoms with van der Waals surface area (Å²) < 4.78 is 18.4. The highest BCUT2D eigenvalue weighted by molar-refractivity contribution is 5.30. The summed E-state index contributed by atoms with van der Waals surface area (Å²) >= 11 is 0. The van der Waals surface area contributed by atoms with Crippen LogP contribution in [0.5, 0.6) is 5.75 Å². The number of rotatable bonds is 6. The van der Waals surface area contributed by atoms with E-state index >= 15 is 0 Å². The molecule has 0 saturated carbocycles. The van der Waals surface area contributed by atoms with Gasteiger partial charge < -0.3 is 10.5 Å². The van der Waals surface area contributed by atoms with Gasteiger partial charge in [-0.25, -0.2) is 4.39 Å². The van der Waals surface area contributed by atoms with Crippen molar-refractivity contribution in [3.8, 4) is 5.75 Å². The molecule has 106 valence electrons. The molecule has 3 heteroatoms. The molecule has 0 bridgehead atoms. The van der Waals surface area contributed by atoms with E-state index in [2.05, 4.69) is 12.1 Å². The molecule has 0 spiro atoms. The molecule has 0 amide bonds. The summed E-state index contributed by atoms with van der Waals surface area (Å²) in [5.41, 5.74) is 8.12. The highest BCUT2D eigenvalue weighted by Crippen LogP contribution is 2.22. The Kier molecular flexibility index (Phi) is 5.13. The standard InChI is InChI=1S/C17H20FNO/c1-2-20-17-9-3-13(4-10-17)11-15(12-19)14-5-7-16(18)8-6-14/h3-10,15H,2,11-12,19H2,1H3. The Labute approximate surface area is 119 Å². The molecule has 2 N–H and O–H groups in total. The van der Waals surface area contributed by atoms with Crippen molar-refractivity contribution in [2.24, 2.45) is 5.73 Å². The quantitative estimate of drug-likeness (QED) is 0.874. The zero-order valence-electron chi connectivity index (χ0n) is 11.7. The second kappa shape index (κ2) is 7.06. The van der Waals surface area contributed by atoms with Crippen LogP contribution in [0.3, 0.4) is 0 Å². The summed E-state index contributed by atoms with van der Waals surface area (Å²) in [6, 6.07) is 14.6.